The van der Waals surface area contributed by atoms with Crippen LogP contribution in [0.5, 0.6) is 0 Å². The zero-order valence-corrected chi connectivity index (χ0v) is 13.6. The predicted molar refractivity (Wildman–Crippen MR) is 84.4 cm³/mol. The maximum atomic E-state index is 13.0. The number of aryl methyl sites for hydroxylation is 1. The van der Waals surface area contributed by atoms with Gasteiger partial charge in [0.2, 0.25) is 5.91 Å². The fourth-order valence-corrected chi connectivity index (χ4v) is 2.79. The molecule has 1 heterocycles. The molecule has 0 aliphatic carbocycles. The summed E-state index contributed by atoms with van der Waals surface area (Å²) in [5, 5.41) is 11.4. The summed E-state index contributed by atoms with van der Waals surface area (Å²) in [4.78, 5) is 15.8. The number of thioether (sulfide) groups is 1. The van der Waals surface area contributed by atoms with Gasteiger partial charge in [0.1, 0.15) is 16.9 Å². The quantitative estimate of drug-likeness (QED) is 0.649. The Morgan fingerprint density at radius 3 is 2.52 bits per heavy atom. The second-order valence-electron chi connectivity index (χ2n) is 4.94. The van der Waals surface area contributed by atoms with Gasteiger partial charge in [0.25, 0.3) is 0 Å². The molecule has 4 nitrogen and oxygen atoms in total. The van der Waals surface area contributed by atoms with Crippen LogP contribution in [0.2, 0.25) is 0 Å². The summed E-state index contributed by atoms with van der Waals surface area (Å²) < 4.78 is 51.9. The number of hydrogen-bond donors (Lipinski definition) is 1. The highest BCUT2D eigenvalue weighted by molar-refractivity contribution is 8.00. The van der Waals surface area contributed by atoms with Crippen LogP contribution >= 0.6 is 11.8 Å². The van der Waals surface area contributed by atoms with E-state index < -0.39 is 29.0 Å². The molecule has 0 saturated carbocycles. The van der Waals surface area contributed by atoms with Gasteiger partial charge in [-0.25, -0.2) is 9.37 Å². The summed E-state index contributed by atoms with van der Waals surface area (Å²) in [5.74, 6) is -1.23. The topological polar surface area (TPSA) is 65.8 Å². The van der Waals surface area contributed by atoms with Crippen LogP contribution < -0.4 is 5.32 Å². The number of alkyl halides is 3. The predicted octanol–water partition coefficient (Wildman–Crippen LogP) is 4.15. The number of nitriles is 1. The van der Waals surface area contributed by atoms with Crippen LogP contribution in [-0.4, -0.2) is 16.6 Å². The lowest BCUT2D eigenvalue weighted by Gasteiger charge is -2.12. The van der Waals surface area contributed by atoms with Crippen molar-refractivity contribution in [3.8, 4) is 6.07 Å². The Kier molecular flexibility index (Phi) is 5.64. The number of nitrogens with one attached hydrogen (secondary N) is 1. The molecular weight excluding hydrogens is 358 g/mol. The Balaban J connectivity index is 2.15. The molecule has 0 spiro atoms. The van der Waals surface area contributed by atoms with Gasteiger partial charge in [0.05, 0.1) is 16.9 Å². The molecule has 2 rings (SSSR count). The molecule has 0 fully saturated rings. The number of nitrogens with zero attached hydrogens (tertiary/aromatic N) is 2. The number of carbonyl (C=O) groups excluding carboxylic acids is 1. The maximum Gasteiger partial charge on any atom is 0.417 e. The van der Waals surface area contributed by atoms with Gasteiger partial charge in [0.15, 0.2) is 0 Å². The first kappa shape index (κ1) is 18.7. The van der Waals surface area contributed by atoms with Crippen molar-refractivity contribution in [1.82, 2.24) is 4.98 Å². The molecule has 9 heteroatoms. The fraction of sp³-hybridized carbons (Fsp3) is 0.188. The second-order valence-corrected chi connectivity index (χ2v) is 5.91. The fourth-order valence-electron chi connectivity index (χ4n) is 1.94. The molecule has 0 radical (unpaired) electrons. The largest absolute Gasteiger partial charge is 0.417 e. The Labute approximate surface area is 144 Å². The van der Waals surface area contributed by atoms with Crippen molar-refractivity contribution in [3.63, 3.8) is 0 Å². The van der Waals surface area contributed by atoms with E-state index in [-0.39, 0.29) is 16.5 Å². The molecule has 0 aliphatic rings. The van der Waals surface area contributed by atoms with Gasteiger partial charge >= 0.3 is 6.18 Å². The molecular formula is C16H11F4N3OS. The summed E-state index contributed by atoms with van der Waals surface area (Å²) in [6.45, 7) is 1.37. The third-order valence-corrected chi connectivity index (χ3v) is 3.97. The van der Waals surface area contributed by atoms with Crippen LogP contribution in [0.15, 0.2) is 35.4 Å². The van der Waals surface area contributed by atoms with Crippen molar-refractivity contribution in [2.75, 3.05) is 11.1 Å². The van der Waals surface area contributed by atoms with Gasteiger partial charge in [-0.1, -0.05) is 11.8 Å². The molecule has 0 saturated heterocycles. The van der Waals surface area contributed by atoms with E-state index in [9.17, 15) is 22.4 Å². The summed E-state index contributed by atoms with van der Waals surface area (Å²) >= 11 is 0.727. The summed E-state index contributed by atoms with van der Waals surface area (Å²) in [6.07, 6.45) is -4.69. The van der Waals surface area contributed by atoms with Crippen molar-refractivity contribution in [2.24, 2.45) is 0 Å². The van der Waals surface area contributed by atoms with Crippen LogP contribution in [0.1, 0.15) is 16.8 Å². The average molecular weight is 369 g/mol. The summed E-state index contributed by atoms with van der Waals surface area (Å²) in [7, 11) is 0. The van der Waals surface area contributed by atoms with E-state index in [1.165, 1.54) is 25.1 Å². The molecule has 0 aliphatic heterocycles. The van der Waals surface area contributed by atoms with Crippen molar-refractivity contribution < 1.29 is 22.4 Å². The molecule has 1 aromatic heterocycles. The van der Waals surface area contributed by atoms with Gasteiger partial charge in [-0.2, -0.15) is 18.4 Å². The summed E-state index contributed by atoms with van der Waals surface area (Å²) in [5.41, 5.74) is -1.25. The Bertz CT molecular complexity index is 829. The third-order valence-electron chi connectivity index (χ3n) is 3.00. The molecule has 25 heavy (non-hydrogen) atoms. The highest BCUT2D eigenvalue weighted by atomic mass is 32.2. The number of aromatic nitrogens is 1. The standard InChI is InChI=1S/C16H11F4N3OS/c1-9-6-13(16(18,19)20)12(7-21)15(22-9)25-8-14(24)23-11-4-2-10(17)3-5-11/h2-6H,8H2,1H3,(H,23,24). The smallest absolute Gasteiger partial charge is 0.325 e. The van der Waals surface area contributed by atoms with Crippen LogP contribution in [0.3, 0.4) is 0 Å². The van der Waals surface area contributed by atoms with E-state index in [1.807, 2.05) is 0 Å². The van der Waals surface area contributed by atoms with Crippen molar-refractivity contribution in [1.29, 1.82) is 5.26 Å². The van der Waals surface area contributed by atoms with Gasteiger partial charge in [-0.15, -0.1) is 0 Å². The first-order valence-electron chi connectivity index (χ1n) is 6.88. The number of pyridine rings is 1. The monoisotopic (exact) mass is 369 g/mol. The zero-order chi connectivity index (χ0) is 18.6. The van der Waals surface area contributed by atoms with Gasteiger partial charge < -0.3 is 5.32 Å². The third kappa shape index (κ3) is 4.93. The van der Waals surface area contributed by atoms with Crippen molar-refractivity contribution >= 4 is 23.4 Å². The number of amides is 1. The Morgan fingerprint density at radius 1 is 1.32 bits per heavy atom. The van der Waals surface area contributed by atoms with Gasteiger partial charge in [-0.05, 0) is 37.3 Å². The van der Waals surface area contributed by atoms with Gasteiger partial charge in [0, 0.05) is 11.4 Å². The van der Waals surface area contributed by atoms with Crippen LogP contribution in [-0.2, 0) is 11.0 Å². The van der Waals surface area contributed by atoms with Crippen molar-refractivity contribution in [3.05, 3.63) is 53.0 Å². The van der Waals surface area contributed by atoms with Crippen LogP contribution in [0.4, 0.5) is 23.2 Å². The Morgan fingerprint density at radius 2 is 1.96 bits per heavy atom. The number of anilines is 1. The molecule has 1 N–H and O–H groups in total. The van der Waals surface area contributed by atoms with E-state index in [0.29, 0.717) is 5.69 Å². The first-order valence-corrected chi connectivity index (χ1v) is 7.86. The Hall–Kier alpha value is -2.60. The highest BCUT2D eigenvalue weighted by Crippen LogP contribution is 2.35. The minimum absolute atomic E-state index is 0.0905. The van der Waals surface area contributed by atoms with E-state index in [0.717, 1.165) is 30.0 Å². The minimum atomic E-state index is -4.69. The van der Waals surface area contributed by atoms with Crippen molar-refractivity contribution in [2.45, 2.75) is 18.1 Å². The maximum absolute atomic E-state index is 13.0. The molecule has 2 aromatic rings. The number of halogens is 4. The number of carbonyl (C=O) groups is 1. The number of benzene rings is 1. The van der Waals surface area contributed by atoms with E-state index in [2.05, 4.69) is 10.3 Å². The lowest BCUT2D eigenvalue weighted by Crippen LogP contribution is -2.15. The van der Waals surface area contributed by atoms with Crippen LogP contribution in [0.25, 0.3) is 0 Å². The minimum Gasteiger partial charge on any atom is -0.325 e. The molecule has 0 bridgehead atoms. The van der Waals surface area contributed by atoms with E-state index in [4.69, 9.17) is 5.26 Å². The first-order chi connectivity index (χ1) is 11.7. The van der Waals surface area contributed by atoms with E-state index >= 15 is 0 Å². The zero-order valence-electron chi connectivity index (χ0n) is 12.8. The molecule has 130 valence electrons. The highest BCUT2D eigenvalue weighted by Gasteiger charge is 2.35. The summed E-state index contributed by atoms with van der Waals surface area (Å²) in [6, 6.07) is 7.32. The average Bonchev–Trinajstić information content (AvgIpc) is 2.53. The number of rotatable bonds is 4. The van der Waals surface area contributed by atoms with Gasteiger partial charge in [-0.3, -0.25) is 4.79 Å². The molecule has 1 aromatic carbocycles. The molecule has 1 amide bonds. The normalized spacial score (nSPS) is 11.0. The lowest BCUT2D eigenvalue weighted by molar-refractivity contribution is -0.138. The molecule has 0 atom stereocenters. The SMILES string of the molecule is Cc1cc(C(F)(F)F)c(C#N)c(SCC(=O)Nc2ccc(F)cc2)n1. The lowest BCUT2D eigenvalue weighted by atomic mass is 10.1. The van der Waals surface area contributed by atoms with Crippen LogP contribution in [0, 0.1) is 24.1 Å². The molecule has 0 unspecified atom stereocenters. The number of hydrogen-bond acceptors (Lipinski definition) is 4. The van der Waals surface area contributed by atoms with E-state index in [1.54, 1.807) is 0 Å². The second kappa shape index (κ2) is 7.53.